The number of nitrogens with zero attached hydrogens (tertiary/aromatic N) is 1. The van der Waals surface area contributed by atoms with E-state index in [1.54, 1.807) is 12.3 Å². The molecule has 1 aromatic carbocycles. The lowest BCUT2D eigenvalue weighted by Gasteiger charge is -2.05. The molecule has 0 aliphatic heterocycles. The van der Waals surface area contributed by atoms with Gasteiger partial charge in [0.2, 0.25) is 0 Å². The molecule has 82 valence electrons. The maximum Gasteiger partial charge on any atom is 0.124 e. The van der Waals surface area contributed by atoms with E-state index < -0.39 is 0 Å². The minimum absolute atomic E-state index is 0.233. The number of hydrogen-bond donors (Lipinski definition) is 1. The van der Waals surface area contributed by atoms with Crippen LogP contribution in [0.15, 0.2) is 52.4 Å². The maximum absolute atomic E-state index is 13.0. The number of benzene rings is 1. The van der Waals surface area contributed by atoms with Crippen LogP contribution < -0.4 is 5.73 Å². The second-order valence-electron chi connectivity index (χ2n) is 3.21. The van der Waals surface area contributed by atoms with Gasteiger partial charge in [0.25, 0.3) is 0 Å². The fourth-order valence-electron chi connectivity index (χ4n) is 1.33. The molecule has 4 heteroatoms. The molecular formula is C12H11FN2S. The van der Waals surface area contributed by atoms with Crippen LogP contribution in [0.1, 0.15) is 5.69 Å². The van der Waals surface area contributed by atoms with Gasteiger partial charge in [-0.05, 0) is 30.3 Å². The highest BCUT2D eigenvalue weighted by atomic mass is 32.2. The Balaban J connectivity index is 2.26. The van der Waals surface area contributed by atoms with E-state index in [0.717, 1.165) is 15.5 Å². The molecule has 1 heterocycles. The van der Waals surface area contributed by atoms with E-state index in [-0.39, 0.29) is 5.82 Å². The summed E-state index contributed by atoms with van der Waals surface area (Å²) in [4.78, 5) is 5.99. The monoisotopic (exact) mass is 234 g/mol. The minimum atomic E-state index is -0.233. The summed E-state index contributed by atoms with van der Waals surface area (Å²) in [5.74, 6) is -0.233. The molecule has 0 atom stereocenters. The largest absolute Gasteiger partial charge is 0.325 e. The molecule has 0 amide bonds. The van der Waals surface area contributed by atoms with Crippen LogP contribution in [0, 0.1) is 5.82 Å². The van der Waals surface area contributed by atoms with Gasteiger partial charge in [-0.2, -0.15) is 0 Å². The minimum Gasteiger partial charge on any atom is -0.325 e. The molecule has 1 aromatic heterocycles. The molecule has 0 aliphatic carbocycles. The van der Waals surface area contributed by atoms with Gasteiger partial charge in [0.1, 0.15) is 5.82 Å². The first kappa shape index (κ1) is 11.1. The average molecular weight is 234 g/mol. The third-order valence-electron chi connectivity index (χ3n) is 2.07. The predicted octanol–water partition coefficient (Wildman–Crippen LogP) is 2.83. The first-order chi connectivity index (χ1) is 7.79. The molecule has 2 nitrogen and oxygen atoms in total. The second-order valence-corrected chi connectivity index (χ2v) is 4.33. The molecule has 0 saturated carbocycles. The van der Waals surface area contributed by atoms with Crippen molar-refractivity contribution >= 4 is 11.8 Å². The van der Waals surface area contributed by atoms with Gasteiger partial charge in [0.15, 0.2) is 0 Å². The van der Waals surface area contributed by atoms with Gasteiger partial charge in [-0.25, -0.2) is 4.39 Å². The summed E-state index contributed by atoms with van der Waals surface area (Å²) in [6.07, 6.45) is 1.71. The second kappa shape index (κ2) is 5.09. The Labute approximate surface area is 97.7 Å². The Kier molecular flexibility index (Phi) is 3.54. The van der Waals surface area contributed by atoms with Gasteiger partial charge in [-0.15, -0.1) is 0 Å². The molecule has 0 saturated heterocycles. The number of nitrogens with two attached hydrogens (primary N) is 1. The highest BCUT2D eigenvalue weighted by Crippen LogP contribution is 2.29. The normalized spacial score (nSPS) is 10.4. The standard InChI is InChI=1S/C12H11FN2S/c13-9-3-1-4-10(7-9)16-12-5-2-6-15-11(12)8-14/h1-7H,8,14H2. The Morgan fingerprint density at radius 2 is 2.12 bits per heavy atom. The summed E-state index contributed by atoms with van der Waals surface area (Å²) in [6.45, 7) is 0.387. The van der Waals surface area contributed by atoms with Crippen molar-refractivity contribution in [3.05, 3.63) is 54.1 Å². The van der Waals surface area contributed by atoms with Crippen molar-refractivity contribution in [1.29, 1.82) is 0 Å². The highest BCUT2D eigenvalue weighted by molar-refractivity contribution is 7.99. The Bertz CT molecular complexity index is 488. The van der Waals surface area contributed by atoms with E-state index in [0.29, 0.717) is 6.54 Å². The molecule has 2 rings (SSSR count). The Morgan fingerprint density at radius 3 is 2.88 bits per heavy atom. The molecular weight excluding hydrogens is 223 g/mol. The molecule has 2 N–H and O–H groups in total. The highest BCUT2D eigenvalue weighted by Gasteiger charge is 2.04. The van der Waals surface area contributed by atoms with Crippen LogP contribution in [-0.4, -0.2) is 4.98 Å². The predicted molar refractivity (Wildman–Crippen MR) is 62.7 cm³/mol. The number of aromatic nitrogens is 1. The molecule has 0 unspecified atom stereocenters. The molecule has 0 radical (unpaired) electrons. The number of halogens is 1. The van der Waals surface area contributed by atoms with E-state index >= 15 is 0 Å². The lowest BCUT2D eigenvalue weighted by Crippen LogP contribution is -2.00. The van der Waals surface area contributed by atoms with Crippen LogP contribution in [0.4, 0.5) is 4.39 Å². The summed E-state index contributed by atoms with van der Waals surface area (Å²) >= 11 is 1.47. The van der Waals surface area contributed by atoms with Crippen molar-refractivity contribution in [3.63, 3.8) is 0 Å². The molecule has 0 bridgehead atoms. The lowest BCUT2D eigenvalue weighted by molar-refractivity contribution is 0.624. The Hall–Kier alpha value is -1.39. The Morgan fingerprint density at radius 1 is 1.25 bits per heavy atom. The van der Waals surface area contributed by atoms with Gasteiger partial charge in [-0.3, -0.25) is 4.98 Å². The van der Waals surface area contributed by atoms with Gasteiger partial charge < -0.3 is 5.73 Å². The lowest BCUT2D eigenvalue weighted by atomic mass is 10.3. The molecule has 16 heavy (non-hydrogen) atoms. The fraction of sp³-hybridized carbons (Fsp3) is 0.0833. The van der Waals surface area contributed by atoms with Gasteiger partial charge in [0, 0.05) is 22.5 Å². The van der Waals surface area contributed by atoms with Crippen LogP contribution in [0.3, 0.4) is 0 Å². The van der Waals surface area contributed by atoms with E-state index in [2.05, 4.69) is 4.98 Å². The average Bonchev–Trinajstić information content (AvgIpc) is 2.30. The smallest absolute Gasteiger partial charge is 0.124 e. The van der Waals surface area contributed by atoms with Crippen molar-refractivity contribution in [2.24, 2.45) is 5.73 Å². The summed E-state index contributed by atoms with van der Waals surface area (Å²) < 4.78 is 13.0. The number of pyridine rings is 1. The first-order valence-corrected chi connectivity index (χ1v) is 5.68. The van der Waals surface area contributed by atoms with Crippen molar-refractivity contribution in [2.45, 2.75) is 16.3 Å². The van der Waals surface area contributed by atoms with E-state index in [9.17, 15) is 4.39 Å². The molecule has 0 spiro atoms. The van der Waals surface area contributed by atoms with E-state index in [1.807, 2.05) is 18.2 Å². The van der Waals surface area contributed by atoms with Crippen LogP contribution in [0.25, 0.3) is 0 Å². The van der Waals surface area contributed by atoms with E-state index in [1.165, 1.54) is 23.9 Å². The summed E-state index contributed by atoms with van der Waals surface area (Å²) in [5, 5.41) is 0. The van der Waals surface area contributed by atoms with Crippen LogP contribution in [-0.2, 0) is 6.54 Å². The zero-order valence-corrected chi connectivity index (χ0v) is 9.38. The van der Waals surface area contributed by atoms with Gasteiger partial charge in [0.05, 0.1) is 5.69 Å². The molecule has 0 aliphatic rings. The van der Waals surface area contributed by atoms with Gasteiger partial charge in [-0.1, -0.05) is 17.8 Å². The fourth-order valence-corrected chi connectivity index (χ4v) is 2.30. The first-order valence-electron chi connectivity index (χ1n) is 4.87. The van der Waals surface area contributed by atoms with Crippen LogP contribution >= 0.6 is 11.8 Å². The van der Waals surface area contributed by atoms with E-state index in [4.69, 9.17) is 5.73 Å². The molecule has 0 fully saturated rings. The zero-order valence-electron chi connectivity index (χ0n) is 8.56. The van der Waals surface area contributed by atoms with Crippen molar-refractivity contribution in [1.82, 2.24) is 4.98 Å². The third-order valence-corrected chi connectivity index (χ3v) is 3.15. The third kappa shape index (κ3) is 2.59. The number of hydrogen-bond acceptors (Lipinski definition) is 3. The molecule has 2 aromatic rings. The van der Waals surface area contributed by atoms with Crippen molar-refractivity contribution < 1.29 is 4.39 Å². The van der Waals surface area contributed by atoms with Crippen molar-refractivity contribution in [2.75, 3.05) is 0 Å². The zero-order chi connectivity index (χ0) is 11.4. The topological polar surface area (TPSA) is 38.9 Å². The van der Waals surface area contributed by atoms with Gasteiger partial charge >= 0.3 is 0 Å². The van der Waals surface area contributed by atoms with Crippen LogP contribution in [0.2, 0.25) is 0 Å². The SMILES string of the molecule is NCc1ncccc1Sc1cccc(F)c1. The number of rotatable bonds is 3. The summed E-state index contributed by atoms with van der Waals surface area (Å²) in [7, 11) is 0. The maximum atomic E-state index is 13.0. The van der Waals surface area contributed by atoms with Crippen molar-refractivity contribution in [3.8, 4) is 0 Å². The quantitative estimate of drug-likeness (QED) is 0.887. The summed E-state index contributed by atoms with van der Waals surface area (Å²) in [6, 6.07) is 10.3. The van der Waals surface area contributed by atoms with Crippen LogP contribution in [0.5, 0.6) is 0 Å². The summed E-state index contributed by atoms with van der Waals surface area (Å²) in [5.41, 5.74) is 6.41.